The summed E-state index contributed by atoms with van der Waals surface area (Å²) in [5.74, 6) is 0.163. The SMILES string of the molecule is C=CCc1ccc(OC)c(OC)c1F. The Labute approximate surface area is 83.0 Å². The van der Waals surface area contributed by atoms with Gasteiger partial charge in [0.1, 0.15) is 0 Å². The van der Waals surface area contributed by atoms with E-state index >= 15 is 0 Å². The van der Waals surface area contributed by atoms with Gasteiger partial charge < -0.3 is 9.47 Å². The van der Waals surface area contributed by atoms with Crippen LogP contribution in [0.1, 0.15) is 5.56 Å². The molecule has 0 spiro atoms. The summed E-state index contributed by atoms with van der Waals surface area (Å²) in [5.41, 5.74) is 0.553. The van der Waals surface area contributed by atoms with Gasteiger partial charge in [0.15, 0.2) is 17.3 Å². The molecule has 0 aromatic heterocycles. The highest BCUT2D eigenvalue weighted by atomic mass is 19.1. The predicted octanol–water partition coefficient (Wildman–Crippen LogP) is 2.57. The summed E-state index contributed by atoms with van der Waals surface area (Å²) in [7, 11) is 2.89. The van der Waals surface area contributed by atoms with Crippen LogP contribution in [0.4, 0.5) is 4.39 Å². The van der Waals surface area contributed by atoms with Gasteiger partial charge in [-0.05, 0) is 18.1 Å². The average Bonchev–Trinajstić information content (AvgIpc) is 2.21. The van der Waals surface area contributed by atoms with Gasteiger partial charge in [0.25, 0.3) is 0 Å². The molecule has 2 nitrogen and oxygen atoms in total. The molecule has 0 heterocycles. The summed E-state index contributed by atoms with van der Waals surface area (Å²) in [6, 6.07) is 3.35. The second-order valence-corrected chi connectivity index (χ2v) is 2.77. The summed E-state index contributed by atoms with van der Waals surface area (Å²) in [5, 5.41) is 0. The zero-order valence-corrected chi connectivity index (χ0v) is 8.34. The topological polar surface area (TPSA) is 18.5 Å². The van der Waals surface area contributed by atoms with Crippen molar-refractivity contribution in [2.45, 2.75) is 6.42 Å². The first-order valence-corrected chi connectivity index (χ1v) is 4.24. The summed E-state index contributed by atoms with van der Waals surface area (Å²) in [6.45, 7) is 3.56. The lowest BCUT2D eigenvalue weighted by Crippen LogP contribution is -1.97. The molecule has 0 unspecified atom stereocenters. The number of hydrogen-bond acceptors (Lipinski definition) is 2. The molecule has 0 atom stereocenters. The van der Waals surface area contributed by atoms with Crippen LogP contribution in [0.2, 0.25) is 0 Å². The number of hydrogen-bond donors (Lipinski definition) is 0. The van der Waals surface area contributed by atoms with Crippen molar-refractivity contribution in [1.29, 1.82) is 0 Å². The van der Waals surface area contributed by atoms with Gasteiger partial charge in [-0.2, -0.15) is 0 Å². The van der Waals surface area contributed by atoms with Gasteiger partial charge >= 0.3 is 0 Å². The molecule has 0 aliphatic rings. The summed E-state index contributed by atoms with van der Waals surface area (Å²) >= 11 is 0. The predicted molar refractivity (Wildman–Crippen MR) is 53.4 cm³/mol. The van der Waals surface area contributed by atoms with Crippen molar-refractivity contribution >= 4 is 0 Å². The van der Waals surface area contributed by atoms with Crippen LogP contribution < -0.4 is 9.47 Å². The van der Waals surface area contributed by atoms with E-state index in [1.54, 1.807) is 18.2 Å². The molecule has 0 bridgehead atoms. The molecule has 0 aliphatic carbocycles. The van der Waals surface area contributed by atoms with Crippen molar-refractivity contribution in [2.24, 2.45) is 0 Å². The Balaban J connectivity index is 3.19. The lowest BCUT2D eigenvalue weighted by Gasteiger charge is -2.10. The van der Waals surface area contributed by atoms with Crippen LogP contribution in [0.15, 0.2) is 24.8 Å². The van der Waals surface area contributed by atoms with Crippen LogP contribution >= 0.6 is 0 Å². The summed E-state index contributed by atoms with van der Waals surface area (Å²) in [6.07, 6.45) is 2.12. The van der Waals surface area contributed by atoms with E-state index in [0.717, 1.165) is 0 Å². The highest BCUT2D eigenvalue weighted by Gasteiger charge is 2.13. The minimum Gasteiger partial charge on any atom is -0.493 e. The van der Waals surface area contributed by atoms with E-state index in [0.29, 0.717) is 17.7 Å². The molecule has 0 fully saturated rings. The fraction of sp³-hybridized carbons (Fsp3) is 0.273. The third-order valence-electron chi connectivity index (χ3n) is 1.93. The van der Waals surface area contributed by atoms with Crippen molar-refractivity contribution in [2.75, 3.05) is 14.2 Å². The Morgan fingerprint density at radius 3 is 2.57 bits per heavy atom. The van der Waals surface area contributed by atoms with Gasteiger partial charge in [-0.25, -0.2) is 4.39 Å². The monoisotopic (exact) mass is 196 g/mol. The van der Waals surface area contributed by atoms with Crippen LogP contribution in [0, 0.1) is 5.82 Å². The van der Waals surface area contributed by atoms with Gasteiger partial charge in [0.2, 0.25) is 0 Å². The molecule has 1 aromatic rings. The van der Waals surface area contributed by atoms with Crippen LogP contribution in [-0.4, -0.2) is 14.2 Å². The van der Waals surface area contributed by atoms with Crippen LogP contribution in [0.25, 0.3) is 0 Å². The third kappa shape index (κ3) is 1.87. The molecule has 0 saturated heterocycles. The maximum absolute atomic E-state index is 13.7. The third-order valence-corrected chi connectivity index (χ3v) is 1.93. The Bertz CT molecular complexity index is 334. The number of halogens is 1. The molecule has 0 N–H and O–H groups in total. The van der Waals surface area contributed by atoms with Crippen molar-refractivity contribution < 1.29 is 13.9 Å². The van der Waals surface area contributed by atoms with Crippen molar-refractivity contribution in [1.82, 2.24) is 0 Å². The Hall–Kier alpha value is -1.51. The number of methoxy groups -OCH3 is 2. The van der Waals surface area contributed by atoms with Crippen molar-refractivity contribution in [3.05, 3.63) is 36.2 Å². The first-order chi connectivity index (χ1) is 6.74. The Morgan fingerprint density at radius 1 is 1.36 bits per heavy atom. The fourth-order valence-electron chi connectivity index (χ4n) is 1.24. The molecule has 1 rings (SSSR count). The maximum Gasteiger partial charge on any atom is 0.197 e. The van der Waals surface area contributed by atoms with Crippen LogP contribution in [0.5, 0.6) is 11.5 Å². The molecular formula is C11H13FO2. The summed E-state index contributed by atoms with van der Waals surface area (Å²) in [4.78, 5) is 0. The van der Waals surface area contributed by atoms with Crippen LogP contribution in [-0.2, 0) is 6.42 Å². The minimum absolute atomic E-state index is 0.145. The molecule has 0 aliphatic heterocycles. The standard InChI is InChI=1S/C11H13FO2/c1-4-5-8-6-7-9(13-2)11(14-3)10(8)12/h4,6-7H,1,5H2,2-3H3. The van der Waals surface area contributed by atoms with Crippen molar-refractivity contribution in [3.8, 4) is 11.5 Å². The first-order valence-electron chi connectivity index (χ1n) is 4.24. The van der Waals surface area contributed by atoms with Gasteiger partial charge in [0.05, 0.1) is 14.2 Å². The molecule has 0 amide bonds. The van der Waals surface area contributed by atoms with Gasteiger partial charge in [-0.1, -0.05) is 12.1 Å². The van der Waals surface area contributed by atoms with E-state index in [-0.39, 0.29) is 11.6 Å². The molecule has 0 radical (unpaired) electrons. The van der Waals surface area contributed by atoms with E-state index in [4.69, 9.17) is 9.47 Å². The zero-order chi connectivity index (χ0) is 10.6. The molecule has 0 saturated carbocycles. The first kappa shape index (κ1) is 10.6. The normalized spacial score (nSPS) is 9.64. The number of rotatable bonds is 4. The van der Waals surface area contributed by atoms with E-state index in [1.165, 1.54) is 14.2 Å². The fourth-order valence-corrected chi connectivity index (χ4v) is 1.24. The molecular weight excluding hydrogens is 183 g/mol. The lowest BCUT2D eigenvalue weighted by molar-refractivity contribution is 0.336. The van der Waals surface area contributed by atoms with E-state index in [9.17, 15) is 4.39 Å². The smallest absolute Gasteiger partial charge is 0.197 e. The minimum atomic E-state index is -0.383. The molecule has 3 heteroatoms. The van der Waals surface area contributed by atoms with E-state index < -0.39 is 0 Å². The van der Waals surface area contributed by atoms with Crippen molar-refractivity contribution in [3.63, 3.8) is 0 Å². The highest BCUT2D eigenvalue weighted by Crippen LogP contribution is 2.32. The number of allylic oxidation sites excluding steroid dienone is 1. The summed E-state index contributed by atoms with van der Waals surface area (Å²) < 4.78 is 23.5. The number of ether oxygens (including phenoxy) is 2. The molecule has 1 aromatic carbocycles. The van der Waals surface area contributed by atoms with E-state index in [2.05, 4.69) is 6.58 Å². The quantitative estimate of drug-likeness (QED) is 0.689. The second-order valence-electron chi connectivity index (χ2n) is 2.77. The molecule has 76 valence electrons. The maximum atomic E-state index is 13.7. The van der Waals surface area contributed by atoms with E-state index in [1.807, 2.05) is 0 Å². The lowest BCUT2D eigenvalue weighted by atomic mass is 10.1. The van der Waals surface area contributed by atoms with Gasteiger partial charge in [-0.3, -0.25) is 0 Å². The number of benzene rings is 1. The highest BCUT2D eigenvalue weighted by molar-refractivity contribution is 5.44. The largest absolute Gasteiger partial charge is 0.493 e. The molecule has 14 heavy (non-hydrogen) atoms. The van der Waals surface area contributed by atoms with Crippen LogP contribution in [0.3, 0.4) is 0 Å². The average molecular weight is 196 g/mol. The van der Waals surface area contributed by atoms with Gasteiger partial charge in [0, 0.05) is 0 Å². The van der Waals surface area contributed by atoms with Gasteiger partial charge in [-0.15, -0.1) is 6.58 Å². The Kier molecular flexibility index (Phi) is 3.51. The Morgan fingerprint density at radius 2 is 2.07 bits per heavy atom. The zero-order valence-electron chi connectivity index (χ0n) is 8.34. The second kappa shape index (κ2) is 4.65.